The van der Waals surface area contributed by atoms with Gasteiger partial charge in [-0.05, 0) is 37.5 Å². The molecule has 1 aromatic carbocycles. The van der Waals surface area contributed by atoms with Gasteiger partial charge >= 0.3 is 0 Å². The SMILES string of the molecule is COc1ccc(CC(=O)N2CCC(c3nnc(-c4scnc4C)o3)CC2)cc1. The maximum Gasteiger partial charge on any atom is 0.259 e. The molecule has 0 N–H and O–H groups in total. The van der Waals surface area contributed by atoms with Crippen LogP contribution in [0, 0.1) is 6.92 Å². The van der Waals surface area contributed by atoms with E-state index in [4.69, 9.17) is 9.15 Å². The normalized spacial score (nSPS) is 15.0. The number of carbonyl (C=O) groups is 1. The molecule has 0 unspecified atom stereocenters. The molecule has 1 amide bonds. The molecule has 0 bridgehead atoms. The van der Waals surface area contributed by atoms with Crippen LogP contribution in [0.2, 0.25) is 0 Å². The number of thiazole rings is 1. The van der Waals surface area contributed by atoms with Gasteiger partial charge < -0.3 is 14.1 Å². The number of likely N-dealkylation sites (tertiary alicyclic amines) is 1. The Balaban J connectivity index is 1.33. The van der Waals surface area contributed by atoms with Gasteiger partial charge in [-0.1, -0.05) is 12.1 Å². The van der Waals surface area contributed by atoms with Gasteiger partial charge in [0.1, 0.15) is 10.6 Å². The van der Waals surface area contributed by atoms with Crippen molar-refractivity contribution in [2.45, 2.75) is 32.1 Å². The molecule has 0 radical (unpaired) electrons. The Morgan fingerprint density at radius 3 is 2.64 bits per heavy atom. The number of benzene rings is 1. The number of hydrogen-bond donors (Lipinski definition) is 0. The van der Waals surface area contributed by atoms with Crippen LogP contribution in [0.15, 0.2) is 34.2 Å². The second-order valence-electron chi connectivity index (χ2n) is 6.89. The Hall–Kier alpha value is -2.74. The molecule has 3 heterocycles. The van der Waals surface area contributed by atoms with Crippen molar-refractivity contribution in [1.82, 2.24) is 20.1 Å². The highest BCUT2D eigenvalue weighted by atomic mass is 32.1. The Labute approximate surface area is 167 Å². The van der Waals surface area contributed by atoms with Gasteiger partial charge in [-0.25, -0.2) is 4.98 Å². The molecule has 4 rings (SSSR count). The quantitative estimate of drug-likeness (QED) is 0.655. The second kappa shape index (κ2) is 8.10. The topological polar surface area (TPSA) is 81.4 Å². The van der Waals surface area contributed by atoms with E-state index in [0.717, 1.165) is 34.7 Å². The summed E-state index contributed by atoms with van der Waals surface area (Å²) in [5.74, 6) is 2.33. The highest BCUT2D eigenvalue weighted by Gasteiger charge is 2.28. The summed E-state index contributed by atoms with van der Waals surface area (Å²) in [5, 5.41) is 8.42. The molecule has 1 fully saturated rings. The number of nitrogens with zero attached hydrogens (tertiary/aromatic N) is 4. The zero-order valence-electron chi connectivity index (χ0n) is 15.9. The van der Waals surface area contributed by atoms with Gasteiger partial charge in [-0.2, -0.15) is 0 Å². The maximum absolute atomic E-state index is 12.6. The number of piperidine rings is 1. The minimum Gasteiger partial charge on any atom is -0.497 e. The number of aryl methyl sites for hydroxylation is 1. The van der Waals surface area contributed by atoms with Gasteiger partial charge in [0, 0.05) is 19.0 Å². The minimum atomic E-state index is 0.148. The first-order valence-electron chi connectivity index (χ1n) is 9.28. The van der Waals surface area contributed by atoms with Crippen LogP contribution in [0.1, 0.15) is 35.9 Å². The summed E-state index contributed by atoms with van der Waals surface area (Å²) in [4.78, 5) is 19.7. The summed E-state index contributed by atoms with van der Waals surface area (Å²) in [6, 6.07) is 7.63. The molecular weight excluding hydrogens is 376 g/mol. The molecule has 0 spiro atoms. The molecule has 0 saturated carbocycles. The van der Waals surface area contributed by atoms with Gasteiger partial charge in [0.15, 0.2) is 0 Å². The van der Waals surface area contributed by atoms with E-state index in [1.165, 1.54) is 11.3 Å². The molecule has 7 nitrogen and oxygen atoms in total. The zero-order chi connectivity index (χ0) is 19.5. The van der Waals surface area contributed by atoms with Crippen molar-refractivity contribution >= 4 is 17.2 Å². The summed E-state index contributed by atoms with van der Waals surface area (Å²) in [5.41, 5.74) is 3.68. The Morgan fingerprint density at radius 2 is 2.00 bits per heavy atom. The first-order valence-corrected chi connectivity index (χ1v) is 10.2. The smallest absolute Gasteiger partial charge is 0.259 e. The van der Waals surface area contributed by atoms with Crippen molar-refractivity contribution < 1.29 is 13.9 Å². The van der Waals surface area contributed by atoms with Crippen LogP contribution in [0.25, 0.3) is 10.8 Å². The van der Waals surface area contributed by atoms with Gasteiger partial charge in [0.25, 0.3) is 5.89 Å². The molecular formula is C20H22N4O3S. The third-order valence-corrected chi connectivity index (χ3v) is 6.01. The van der Waals surface area contributed by atoms with Crippen LogP contribution in [0.3, 0.4) is 0 Å². The van der Waals surface area contributed by atoms with E-state index in [-0.39, 0.29) is 11.8 Å². The zero-order valence-corrected chi connectivity index (χ0v) is 16.7. The Morgan fingerprint density at radius 1 is 1.25 bits per heavy atom. The molecule has 0 aliphatic carbocycles. The highest BCUT2D eigenvalue weighted by molar-refractivity contribution is 7.13. The van der Waals surface area contributed by atoms with Crippen molar-refractivity contribution in [3.05, 3.63) is 46.9 Å². The molecule has 0 atom stereocenters. The van der Waals surface area contributed by atoms with Crippen LogP contribution in [-0.2, 0) is 11.2 Å². The molecule has 28 heavy (non-hydrogen) atoms. The second-order valence-corrected chi connectivity index (χ2v) is 7.75. The number of rotatable bonds is 5. The number of methoxy groups -OCH3 is 1. The van der Waals surface area contributed by atoms with Crippen LogP contribution >= 0.6 is 11.3 Å². The van der Waals surface area contributed by atoms with Crippen molar-refractivity contribution in [2.75, 3.05) is 20.2 Å². The standard InChI is InChI=1S/C20H22N4O3S/c1-13-18(28-12-21-13)20-23-22-19(27-20)15-7-9-24(10-8-15)17(25)11-14-3-5-16(26-2)6-4-14/h3-6,12,15H,7-11H2,1-2H3. The third-order valence-electron chi connectivity index (χ3n) is 5.09. The average molecular weight is 398 g/mol. The van der Waals surface area contributed by atoms with Gasteiger partial charge in [-0.3, -0.25) is 4.79 Å². The fraction of sp³-hybridized carbons (Fsp3) is 0.400. The molecule has 2 aromatic heterocycles. The summed E-state index contributed by atoms with van der Waals surface area (Å²) in [6.07, 6.45) is 2.07. The lowest BCUT2D eigenvalue weighted by atomic mass is 9.96. The van der Waals surface area contributed by atoms with E-state index in [1.807, 2.05) is 36.1 Å². The third kappa shape index (κ3) is 3.91. The van der Waals surface area contributed by atoms with Crippen LogP contribution < -0.4 is 4.74 Å². The van der Waals surface area contributed by atoms with Crippen molar-refractivity contribution in [1.29, 1.82) is 0 Å². The first kappa shape index (κ1) is 18.6. The van der Waals surface area contributed by atoms with E-state index in [9.17, 15) is 4.79 Å². The monoisotopic (exact) mass is 398 g/mol. The van der Waals surface area contributed by atoms with E-state index in [2.05, 4.69) is 15.2 Å². The molecule has 1 saturated heterocycles. The summed E-state index contributed by atoms with van der Waals surface area (Å²) in [7, 11) is 1.63. The van der Waals surface area contributed by atoms with Crippen molar-refractivity contribution in [3.63, 3.8) is 0 Å². The number of hydrogen-bond acceptors (Lipinski definition) is 7. The first-order chi connectivity index (χ1) is 13.6. The lowest BCUT2D eigenvalue weighted by molar-refractivity contribution is -0.131. The highest BCUT2D eigenvalue weighted by Crippen LogP contribution is 2.31. The van der Waals surface area contributed by atoms with Gasteiger partial charge in [0.05, 0.1) is 24.7 Å². The van der Waals surface area contributed by atoms with Crippen molar-refractivity contribution in [3.8, 4) is 16.5 Å². The number of amides is 1. The lowest BCUT2D eigenvalue weighted by Gasteiger charge is -2.30. The van der Waals surface area contributed by atoms with E-state index in [0.29, 0.717) is 31.3 Å². The fourth-order valence-electron chi connectivity index (χ4n) is 3.40. The average Bonchev–Trinajstić information content (AvgIpc) is 3.37. The largest absolute Gasteiger partial charge is 0.497 e. The maximum atomic E-state index is 12.6. The van der Waals surface area contributed by atoms with Gasteiger partial charge in [0.2, 0.25) is 11.8 Å². The number of ether oxygens (including phenoxy) is 1. The van der Waals surface area contributed by atoms with Crippen LogP contribution in [0.4, 0.5) is 0 Å². The summed E-state index contributed by atoms with van der Waals surface area (Å²) < 4.78 is 11.1. The molecule has 146 valence electrons. The predicted octanol–water partition coefficient (Wildman–Crippen LogP) is 3.46. The molecule has 3 aromatic rings. The molecule has 8 heteroatoms. The fourth-order valence-corrected chi connectivity index (χ4v) is 4.13. The number of carbonyl (C=O) groups excluding carboxylic acids is 1. The molecule has 1 aliphatic rings. The van der Waals surface area contributed by atoms with E-state index >= 15 is 0 Å². The Kier molecular flexibility index (Phi) is 5.38. The van der Waals surface area contributed by atoms with Crippen molar-refractivity contribution in [2.24, 2.45) is 0 Å². The molecule has 1 aliphatic heterocycles. The Bertz CT molecular complexity index is 943. The van der Waals surface area contributed by atoms with Crippen LogP contribution in [0.5, 0.6) is 5.75 Å². The van der Waals surface area contributed by atoms with Gasteiger partial charge in [-0.15, -0.1) is 21.5 Å². The predicted molar refractivity (Wildman–Crippen MR) is 105 cm³/mol. The summed E-state index contributed by atoms with van der Waals surface area (Å²) >= 11 is 1.50. The van der Waals surface area contributed by atoms with E-state index < -0.39 is 0 Å². The van der Waals surface area contributed by atoms with E-state index in [1.54, 1.807) is 12.6 Å². The minimum absolute atomic E-state index is 0.148. The lowest BCUT2D eigenvalue weighted by Crippen LogP contribution is -2.38. The summed E-state index contributed by atoms with van der Waals surface area (Å²) in [6.45, 7) is 3.34. The van der Waals surface area contributed by atoms with Crippen LogP contribution in [-0.4, -0.2) is 46.2 Å². The number of aromatic nitrogens is 3.